The molecule has 0 aromatic carbocycles. The molecule has 4 nitrogen and oxygen atoms in total. The average Bonchev–Trinajstić information content (AvgIpc) is 2.63. The highest BCUT2D eigenvalue weighted by Crippen LogP contribution is 2.20. The molecule has 2 heterocycles. The Kier molecular flexibility index (Phi) is 3.01. The Morgan fingerprint density at radius 3 is 2.76 bits per heavy atom. The van der Waals surface area contributed by atoms with E-state index in [-0.39, 0.29) is 11.0 Å². The zero-order chi connectivity index (χ0) is 12.5. The monoisotopic (exact) mass is 262 g/mol. The predicted molar refractivity (Wildman–Crippen MR) is 54.3 cm³/mol. The van der Waals surface area contributed by atoms with Gasteiger partial charge in [-0.05, 0) is 6.07 Å². The van der Waals surface area contributed by atoms with E-state index in [2.05, 4.69) is 15.1 Å². The summed E-state index contributed by atoms with van der Waals surface area (Å²) in [5.41, 5.74) is 0.386. The Morgan fingerprint density at radius 1 is 1.35 bits per heavy atom. The van der Waals surface area contributed by atoms with Gasteiger partial charge in [-0.2, -0.15) is 18.3 Å². The number of hydrogen-bond donors (Lipinski definition) is 0. The molecule has 8 heteroatoms. The molecule has 0 spiro atoms. The van der Waals surface area contributed by atoms with Crippen molar-refractivity contribution < 1.29 is 13.2 Å². The highest BCUT2D eigenvalue weighted by atomic mass is 35.5. The summed E-state index contributed by atoms with van der Waals surface area (Å²) in [6.45, 7) is -1.15. The van der Waals surface area contributed by atoms with Crippen LogP contribution in [0.1, 0.15) is 0 Å². The van der Waals surface area contributed by atoms with Gasteiger partial charge in [0, 0.05) is 12.4 Å². The van der Waals surface area contributed by atoms with Crippen molar-refractivity contribution >= 4 is 11.6 Å². The molecule has 0 saturated heterocycles. The molecule has 90 valence electrons. The van der Waals surface area contributed by atoms with Crippen molar-refractivity contribution in [1.82, 2.24) is 19.7 Å². The molecular formula is C9H6ClF3N4. The molecule has 2 aromatic rings. The van der Waals surface area contributed by atoms with E-state index in [0.29, 0.717) is 5.56 Å². The molecule has 0 amide bonds. The van der Waals surface area contributed by atoms with E-state index in [0.717, 1.165) is 4.68 Å². The van der Waals surface area contributed by atoms with Crippen molar-refractivity contribution in [2.75, 3.05) is 0 Å². The second-order valence-corrected chi connectivity index (χ2v) is 3.63. The summed E-state index contributed by atoms with van der Waals surface area (Å²) >= 11 is 5.65. The molecule has 0 bridgehead atoms. The van der Waals surface area contributed by atoms with Gasteiger partial charge in [-0.25, -0.2) is 9.97 Å². The Labute approximate surface area is 99.1 Å². The standard InChI is InChI=1S/C9H6ClF3N4/c10-7-1-2-14-8(16-7)6-3-15-17(4-6)5-9(11,12)13/h1-4H,5H2. The van der Waals surface area contributed by atoms with Gasteiger partial charge in [-0.3, -0.25) is 4.68 Å². The molecule has 0 unspecified atom stereocenters. The lowest BCUT2D eigenvalue weighted by molar-refractivity contribution is -0.142. The van der Waals surface area contributed by atoms with Crippen LogP contribution in [0.2, 0.25) is 5.15 Å². The number of hydrogen-bond acceptors (Lipinski definition) is 3. The fourth-order valence-corrected chi connectivity index (χ4v) is 1.36. The maximum atomic E-state index is 12.1. The Balaban J connectivity index is 2.24. The van der Waals surface area contributed by atoms with Crippen LogP contribution in [0.25, 0.3) is 11.4 Å². The number of aromatic nitrogens is 4. The quantitative estimate of drug-likeness (QED) is 0.781. The van der Waals surface area contributed by atoms with Crippen LogP contribution in [0.3, 0.4) is 0 Å². The van der Waals surface area contributed by atoms with Gasteiger partial charge in [0.05, 0.1) is 11.8 Å². The smallest absolute Gasteiger partial charge is 0.263 e. The third-order valence-electron chi connectivity index (χ3n) is 1.85. The largest absolute Gasteiger partial charge is 0.408 e. The van der Waals surface area contributed by atoms with Crippen molar-refractivity contribution in [3.05, 3.63) is 29.8 Å². The topological polar surface area (TPSA) is 43.6 Å². The van der Waals surface area contributed by atoms with Crippen LogP contribution >= 0.6 is 11.6 Å². The summed E-state index contributed by atoms with van der Waals surface area (Å²) in [6.07, 6.45) is -0.402. The Bertz CT molecular complexity index is 523. The second-order valence-electron chi connectivity index (χ2n) is 3.24. The van der Waals surface area contributed by atoms with Crippen LogP contribution in [-0.4, -0.2) is 25.9 Å². The van der Waals surface area contributed by atoms with E-state index >= 15 is 0 Å². The molecule has 17 heavy (non-hydrogen) atoms. The Hall–Kier alpha value is -1.63. The van der Waals surface area contributed by atoms with Crippen LogP contribution in [0.15, 0.2) is 24.7 Å². The molecule has 0 fully saturated rings. The van der Waals surface area contributed by atoms with Crippen molar-refractivity contribution in [2.24, 2.45) is 0 Å². The Morgan fingerprint density at radius 2 is 2.12 bits per heavy atom. The van der Waals surface area contributed by atoms with Crippen LogP contribution in [0.5, 0.6) is 0 Å². The maximum absolute atomic E-state index is 12.1. The maximum Gasteiger partial charge on any atom is 0.408 e. The van der Waals surface area contributed by atoms with E-state index in [4.69, 9.17) is 11.6 Å². The molecule has 0 saturated carbocycles. The van der Waals surface area contributed by atoms with Gasteiger partial charge < -0.3 is 0 Å². The summed E-state index contributed by atoms with van der Waals surface area (Å²) in [5.74, 6) is 0.242. The van der Waals surface area contributed by atoms with Gasteiger partial charge in [-0.1, -0.05) is 11.6 Å². The van der Waals surface area contributed by atoms with Crippen molar-refractivity contribution in [2.45, 2.75) is 12.7 Å². The van der Waals surface area contributed by atoms with E-state index < -0.39 is 12.7 Å². The number of halogens is 4. The lowest BCUT2D eigenvalue weighted by atomic mass is 10.3. The second kappa shape index (κ2) is 4.33. The molecule has 0 N–H and O–H groups in total. The van der Waals surface area contributed by atoms with Gasteiger partial charge >= 0.3 is 6.18 Å². The number of rotatable bonds is 2. The summed E-state index contributed by atoms with van der Waals surface area (Å²) < 4.78 is 37.1. The molecule has 0 aliphatic heterocycles. The van der Waals surface area contributed by atoms with Gasteiger partial charge in [0.1, 0.15) is 11.7 Å². The summed E-state index contributed by atoms with van der Waals surface area (Å²) in [6, 6.07) is 1.48. The zero-order valence-corrected chi connectivity index (χ0v) is 9.07. The summed E-state index contributed by atoms with van der Waals surface area (Å²) in [5, 5.41) is 3.80. The average molecular weight is 263 g/mol. The SMILES string of the molecule is FC(F)(F)Cn1cc(-c2nccc(Cl)n2)cn1. The normalized spacial score (nSPS) is 11.8. The number of alkyl halides is 3. The highest BCUT2D eigenvalue weighted by molar-refractivity contribution is 6.29. The van der Waals surface area contributed by atoms with Crippen molar-refractivity contribution in [3.63, 3.8) is 0 Å². The van der Waals surface area contributed by atoms with Crippen molar-refractivity contribution in [3.8, 4) is 11.4 Å². The van der Waals surface area contributed by atoms with Crippen molar-refractivity contribution in [1.29, 1.82) is 0 Å². The molecular weight excluding hydrogens is 257 g/mol. The first kappa shape index (κ1) is 11.8. The molecule has 0 radical (unpaired) electrons. The minimum absolute atomic E-state index is 0.221. The van der Waals surface area contributed by atoms with E-state index in [9.17, 15) is 13.2 Å². The fraction of sp³-hybridized carbons (Fsp3) is 0.222. The highest BCUT2D eigenvalue weighted by Gasteiger charge is 2.28. The molecule has 0 aliphatic carbocycles. The molecule has 2 rings (SSSR count). The van der Waals surface area contributed by atoms with E-state index in [1.165, 1.54) is 24.7 Å². The van der Waals surface area contributed by atoms with Crippen LogP contribution in [0.4, 0.5) is 13.2 Å². The predicted octanol–water partition coefficient (Wildman–Crippen LogP) is 2.56. The third-order valence-corrected chi connectivity index (χ3v) is 2.06. The van der Waals surface area contributed by atoms with Crippen LogP contribution in [-0.2, 0) is 6.54 Å². The minimum atomic E-state index is -4.31. The van der Waals surface area contributed by atoms with Gasteiger partial charge in [-0.15, -0.1) is 0 Å². The molecule has 2 aromatic heterocycles. The van der Waals surface area contributed by atoms with Gasteiger partial charge in [0.15, 0.2) is 5.82 Å². The third kappa shape index (κ3) is 3.16. The lowest BCUT2D eigenvalue weighted by Crippen LogP contribution is -2.17. The summed E-state index contributed by atoms with van der Waals surface area (Å²) in [4.78, 5) is 7.76. The number of nitrogens with zero attached hydrogens (tertiary/aromatic N) is 4. The van der Waals surface area contributed by atoms with E-state index in [1.54, 1.807) is 0 Å². The van der Waals surface area contributed by atoms with Gasteiger partial charge in [0.25, 0.3) is 0 Å². The lowest BCUT2D eigenvalue weighted by Gasteiger charge is -2.04. The zero-order valence-electron chi connectivity index (χ0n) is 8.32. The molecule has 0 atom stereocenters. The van der Waals surface area contributed by atoms with Crippen LogP contribution < -0.4 is 0 Å². The van der Waals surface area contributed by atoms with Crippen LogP contribution in [0, 0.1) is 0 Å². The first-order valence-electron chi connectivity index (χ1n) is 4.52. The van der Waals surface area contributed by atoms with E-state index in [1.807, 2.05) is 0 Å². The summed E-state index contributed by atoms with van der Waals surface area (Å²) in [7, 11) is 0. The van der Waals surface area contributed by atoms with Gasteiger partial charge in [0.2, 0.25) is 0 Å². The molecule has 0 aliphatic rings. The minimum Gasteiger partial charge on any atom is -0.263 e. The first-order chi connectivity index (χ1) is 7.94. The fourth-order valence-electron chi connectivity index (χ4n) is 1.22. The first-order valence-corrected chi connectivity index (χ1v) is 4.90.